The van der Waals surface area contributed by atoms with Gasteiger partial charge in [0.05, 0.1) is 25.0 Å². The predicted molar refractivity (Wildman–Crippen MR) is 130 cm³/mol. The molecule has 0 saturated carbocycles. The van der Waals surface area contributed by atoms with E-state index in [1.165, 1.54) is 23.9 Å². The molecule has 1 aromatic heterocycles. The van der Waals surface area contributed by atoms with Gasteiger partial charge >= 0.3 is 0 Å². The van der Waals surface area contributed by atoms with Crippen LogP contribution in [0, 0.1) is 11.7 Å². The van der Waals surface area contributed by atoms with Crippen LogP contribution in [0.1, 0.15) is 26.7 Å². The summed E-state index contributed by atoms with van der Waals surface area (Å²) in [4.78, 5) is 13.2. The lowest BCUT2D eigenvalue weighted by Crippen LogP contribution is -2.30. The van der Waals surface area contributed by atoms with Crippen molar-refractivity contribution in [3.63, 3.8) is 0 Å². The zero-order valence-electron chi connectivity index (χ0n) is 19.5. The molecule has 34 heavy (non-hydrogen) atoms. The zero-order chi connectivity index (χ0) is 24.1. The minimum atomic E-state index is -0.393. The molecule has 2 heterocycles. The fourth-order valence-corrected chi connectivity index (χ4v) is 4.88. The zero-order valence-corrected chi connectivity index (χ0v) is 20.3. The molecular formula is C25H29FN4O3S. The number of benzene rings is 2. The third-order valence-electron chi connectivity index (χ3n) is 5.68. The van der Waals surface area contributed by atoms with Gasteiger partial charge in [-0.05, 0) is 67.3 Å². The Bertz CT molecular complexity index is 1100. The lowest BCUT2D eigenvalue weighted by molar-refractivity contribution is -0.116. The molecule has 2 atom stereocenters. The Balaban J connectivity index is 1.58. The molecule has 4 rings (SSSR count). The highest BCUT2D eigenvalue weighted by Gasteiger charge is 2.29. The van der Waals surface area contributed by atoms with Crippen molar-refractivity contribution in [2.24, 2.45) is 5.92 Å². The smallest absolute Gasteiger partial charge is 0.238 e. The average molecular weight is 485 g/mol. The number of hydrogen-bond acceptors (Lipinski definition) is 6. The summed E-state index contributed by atoms with van der Waals surface area (Å²) in [5.74, 6) is 0.989. The van der Waals surface area contributed by atoms with Crippen LogP contribution in [-0.2, 0) is 16.1 Å². The van der Waals surface area contributed by atoms with Gasteiger partial charge in [-0.15, -0.1) is 10.2 Å². The van der Waals surface area contributed by atoms with Crippen molar-refractivity contribution in [3.05, 3.63) is 54.3 Å². The van der Waals surface area contributed by atoms with Gasteiger partial charge in [0.2, 0.25) is 5.91 Å². The number of amides is 1. The molecule has 0 radical (unpaired) electrons. The second-order valence-corrected chi connectivity index (χ2v) is 9.67. The normalized spacial score (nSPS) is 16.6. The van der Waals surface area contributed by atoms with Crippen LogP contribution in [0.4, 0.5) is 10.1 Å². The Kier molecular flexibility index (Phi) is 7.84. The third kappa shape index (κ3) is 5.77. The van der Waals surface area contributed by atoms with Crippen LogP contribution in [0.2, 0.25) is 0 Å². The summed E-state index contributed by atoms with van der Waals surface area (Å²) < 4.78 is 26.5. The van der Waals surface area contributed by atoms with E-state index in [1.54, 1.807) is 31.4 Å². The monoisotopic (exact) mass is 484 g/mol. The van der Waals surface area contributed by atoms with Crippen LogP contribution in [-0.4, -0.2) is 45.7 Å². The minimum Gasteiger partial charge on any atom is -0.497 e. The summed E-state index contributed by atoms with van der Waals surface area (Å²) in [7, 11) is 1.60. The lowest BCUT2D eigenvalue weighted by Gasteiger charge is -2.21. The summed E-state index contributed by atoms with van der Waals surface area (Å²) in [5, 5.41) is 12.1. The van der Waals surface area contributed by atoms with Crippen molar-refractivity contribution in [3.8, 4) is 17.1 Å². The first-order valence-corrected chi connectivity index (χ1v) is 12.2. The van der Waals surface area contributed by atoms with E-state index < -0.39 is 5.25 Å². The van der Waals surface area contributed by atoms with E-state index in [-0.39, 0.29) is 23.7 Å². The molecule has 7 nitrogen and oxygen atoms in total. The third-order valence-corrected chi connectivity index (χ3v) is 7.21. The number of aromatic nitrogens is 3. The number of rotatable bonds is 9. The number of thioether (sulfide) groups is 1. The highest BCUT2D eigenvalue weighted by Crippen LogP contribution is 2.32. The van der Waals surface area contributed by atoms with Crippen LogP contribution in [0.5, 0.6) is 5.75 Å². The number of carbonyl (C=O) groups excluding carboxylic acids is 1. The summed E-state index contributed by atoms with van der Waals surface area (Å²) in [5.41, 5.74) is 1.47. The molecule has 2 unspecified atom stereocenters. The Morgan fingerprint density at radius 2 is 1.94 bits per heavy atom. The first-order chi connectivity index (χ1) is 16.4. The van der Waals surface area contributed by atoms with Crippen LogP contribution < -0.4 is 10.1 Å². The summed E-state index contributed by atoms with van der Waals surface area (Å²) in [6.45, 7) is 5.33. The molecule has 1 saturated heterocycles. The quantitative estimate of drug-likeness (QED) is 0.430. The summed E-state index contributed by atoms with van der Waals surface area (Å²) >= 11 is 1.38. The van der Waals surface area contributed by atoms with Gasteiger partial charge in [-0.1, -0.05) is 25.6 Å². The van der Waals surface area contributed by atoms with Gasteiger partial charge in [0.25, 0.3) is 0 Å². The lowest BCUT2D eigenvalue weighted by atomic mass is 10.1. The molecule has 0 spiro atoms. The fourth-order valence-electron chi connectivity index (χ4n) is 3.84. The number of nitrogens with one attached hydrogen (secondary N) is 1. The van der Waals surface area contributed by atoms with Crippen molar-refractivity contribution < 1.29 is 18.7 Å². The number of anilines is 1. The van der Waals surface area contributed by atoms with Crippen molar-refractivity contribution in [1.29, 1.82) is 0 Å². The molecule has 1 aliphatic rings. The molecule has 1 N–H and O–H groups in total. The standard InChI is InChI=1S/C25H29FN4O3S/c1-16(2)22(24(31)27-19-10-12-20(32-3)13-11-19)34-25-29-28-23(17-6-8-18(26)9-7-17)30(25)15-21-5-4-14-33-21/h6-13,16,21-22H,4-5,14-15H2,1-3H3,(H,27,31). The molecule has 9 heteroatoms. The van der Waals surface area contributed by atoms with Crippen molar-refractivity contribution in [2.45, 2.75) is 49.7 Å². The van der Waals surface area contributed by atoms with E-state index in [9.17, 15) is 9.18 Å². The Morgan fingerprint density at radius 1 is 1.21 bits per heavy atom. The second kappa shape index (κ2) is 11.0. The molecule has 1 amide bonds. The largest absolute Gasteiger partial charge is 0.497 e. The summed E-state index contributed by atoms with van der Waals surface area (Å²) in [6, 6.07) is 13.4. The predicted octanol–water partition coefficient (Wildman–Crippen LogP) is 5.03. The fraction of sp³-hybridized carbons (Fsp3) is 0.400. The Hall–Kier alpha value is -2.91. The number of methoxy groups -OCH3 is 1. The number of nitrogens with zero attached hydrogens (tertiary/aromatic N) is 3. The highest BCUT2D eigenvalue weighted by molar-refractivity contribution is 8.00. The molecule has 3 aromatic rings. The van der Waals surface area contributed by atoms with Crippen LogP contribution in [0.15, 0.2) is 53.7 Å². The topological polar surface area (TPSA) is 78.3 Å². The average Bonchev–Trinajstić information content (AvgIpc) is 3.49. The van der Waals surface area contributed by atoms with Gasteiger partial charge in [-0.2, -0.15) is 0 Å². The molecule has 0 bridgehead atoms. The Labute approximate surface area is 203 Å². The minimum absolute atomic E-state index is 0.0467. The van der Waals surface area contributed by atoms with Gasteiger partial charge in [-0.25, -0.2) is 4.39 Å². The number of hydrogen-bond donors (Lipinski definition) is 1. The van der Waals surface area contributed by atoms with Crippen molar-refractivity contribution in [2.75, 3.05) is 19.0 Å². The molecule has 1 aliphatic heterocycles. The van der Waals surface area contributed by atoms with Gasteiger partial charge in [0, 0.05) is 17.9 Å². The van der Waals surface area contributed by atoms with E-state index in [1.807, 2.05) is 30.5 Å². The van der Waals surface area contributed by atoms with E-state index in [0.717, 1.165) is 30.8 Å². The number of ether oxygens (including phenoxy) is 2. The molecule has 0 aliphatic carbocycles. The molecule has 2 aromatic carbocycles. The highest BCUT2D eigenvalue weighted by atomic mass is 32.2. The van der Waals surface area contributed by atoms with Crippen LogP contribution in [0.3, 0.4) is 0 Å². The number of halogens is 1. The maximum absolute atomic E-state index is 13.5. The van der Waals surface area contributed by atoms with E-state index in [2.05, 4.69) is 15.5 Å². The van der Waals surface area contributed by atoms with E-state index >= 15 is 0 Å². The van der Waals surface area contributed by atoms with Crippen molar-refractivity contribution in [1.82, 2.24) is 14.8 Å². The van der Waals surface area contributed by atoms with Gasteiger partial charge in [-0.3, -0.25) is 9.36 Å². The summed E-state index contributed by atoms with van der Waals surface area (Å²) in [6.07, 6.45) is 2.02. The van der Waals surface area contributed by atoms with Crippen LogP contribution >= 0.6 is 11.8 Å². The second-order valence-electron chi connectivity index (χ2n) is 8.56. The number of carbonyl (C=O) groups is 1. The Morgan fingerprint density at radius 3 is 2.56 bits per heavy atom. The van der Waals surface area contributed by atoms with Gasteiger partial charge < -0.3 is 14.8 Å². The van der Waals surface area contributed by atoms with Gasteiger partial charge in [0.15, 0.2) is 11.0 Å². The van der Waals surface area contributed by atoms with Crippen molar-refractivity contribution >= 4 is 23.4 Å². The van der Waals surface area contributed by atoms with Crippen LogP contribution in [0.25, 0.3) is 11.4 Å². The molecule has 180 valence electrons. The SMILES string of the molecule is COc1ccc(NC(=O)C(Sc2nnc(-c3ccc(F)cc3)n2CC2CCCO2)C(C)C)cc1. The first-order valence-electron chi connectivity index (χ1n) is 11.4. The molecular weight excluding hydrogens is 455 g/mol. The first kappa shape index (κ1) is 24.2. The van der Waals surface area contributed by atoms with Gasteiger partial charge in [0.1, 0.15) is 11.6 Å². The van der Waals surface area contributed by atoms with E-state index in [0.29, 0.717) is 23.2 Å². The molecule has 1 fully saturated rings. The maximum atomic E-state index is 13.5. The van der Waals surface area contributed by atoms with E-state index in [4.69, 9.17) is 9.47 Å². The maximum Gasteiger partial charge on any atom is 0.238 e.